The van der Waals surface area contributed by atoms with E-state index in [9.17, 15) is 4.79 Å². The van der Waals surface area contributed by atoms with E-state index in [0.717, 1.165) is 12.3 Å². The first-order chi connectivity index (χ1) is 10.2. The van der Waals surface area contributed by atoms with Crippen molar-refractivity contribution in [2.45, 2.75) is 13.8 Å². The van der Waals surface area contributed by atoms with Crippen LogP contribution in [0.25, 0.3) is 0 Å². The number of rotatable bonds is 6. The van der Waals surface area contributed by atoms with Gasteiger partial charge in [0.05, 0.1) is 6.61 Å². The van der Waals surface area contributed by atoms with Crippen molar-refractivity contribution in [3.05, 3.63) is 48.2 Å². The van der Waals surface area contributed by atoms with Gasteiger partial charge in [-0.1, -0.05) is 6.07 Å². The first-order valence-electron chi connectivity index (χ1n) is 6.97. The van der Waals surface area contributed by atoms with Crippen molar-refractivity contribution in [3.63, 3.8) is 0 Å². The van der Waals surface area contributed by atoms with Crippen LogP contribution in [-0.2, 0) is 0 Å². The molecule has 0 atom stereocenters. The molecular weight excluding hydrogens is 266 g/mol. The molecule has 21 heavy (non-hydrogen) atoms. The fourth-order valence-corrected chi connectivity index (χ4v) is 1.88. The molecule has 5 heteroatoms. The summed E-state index contributed by atoms with van der Waals surface area (Å²) in [5.41, 5.74) is 1.26. The number of anilines is 2. The highest BCUT2D eigenvalue weighted by Crippen LogP contribution is 2.18. The number of nitrogens with one attached hydrogen (secondary N) is 2. The summed E-state index contributed by atoms with van der Waals surface area (Å²) in [5.74, 6) is 1.25. The van der Waals surface area contributed by atoms with Crippen molar-refractivity contribution in [1.82, 2.24) is 4.98 Å². The van der Waals surface area contributed by atoms with Crippen LogP contribution in [0.5, 0.6) is 5.75 Å². The summed E-state index contributed by atoms with van der Waals surface area (Å²) in [6, 6.07) is 10.7. The smallest absolute Gasteiger partial charge is 0.255 e. The topological polar surface area (TPSA) is 63.2 Å². The Labute approximate surface area is 124 Å². The molecule has 5 nitrogen and oxygen atoms in total. The quantitative estimate of drug-likeness (QED) is 0.855. The second-order valence-electron chi connectivity index (χ2n) is 4.38. The second-order valence-corrected chi connectivity index (χ2v) is 4.38. The van der Waals surface area contributed by atoms with Gasteiger partial charge in [-0.3, -0.25) is 4.79 Å². The van der Waals surface area contributed by atoms with Gasteiger partial charge < -0.3 is 15.4 Å². The van der Waals surface area contributed by atoms with Gasteiger partial charge in [0.25, 0.3) is 5.91 Å². The normalized spacial score (nSPS) is 10.0. The summed E-state index contributed by atoms with van der Waals surface area (Å²) in [4.78, 5) is 16.4. The van der Waals surface area contributed by atoms with Crippen molar-refractivity contribution >= 4 is 17.4 Å². The zero-order valence-electron chi connectivity index (χ0n) is 12.2. The molecule has 2 N–H and O–H groups in total. The number of hydrogen-bond acceptors (Lipinski definition) is 4. The number of hydrogen-bond donors (Lipinski definition) is 2. The molecule has 0 radical (unpaired) electrons. The Hall–Kier alpha value is -2.56. The molecule has 1 aromatic carbocycles. The van der Waals surface area contributed by atoms with Crippen LogP contribution in [0.2, 0.25) is 0 Å². The van der Waals surface area contributed by atoms with Gasteiger partial charge in [-0.25, -0.2) is 4.98 Å². The Morgan fingerprint density at radius 3 is 2.86 bits per heavy atom. The van der Waals surface area contributed by atoms with Gasteiger partial charge in [0.1, 0.15) is 11.6 Å². The van der Waals surface area contributed by atoms with E-state index >= 15 is 0 Å². The van der Waals surface area contributed by atoms with Crippen LogP contribution in [0.15, 0.2) is 42.6 Å². The molecule has 0 saturated carbocycles. The SMILES string of the molecule is CCNc1cc(C(=O)Nc2cccc(OCC)c2)ccn1. The Morgan fingerprint density at radius 2 is 2.10 bits per heavy atom. The van der Waals surface area contributed by atoms with E-state index in [0.29, 0.717) is 23.7 Å². The van der Waals surface area contributed by atoms with Crippen LogP contribution >= 0.6 is 0 Å². The molecule has 1 aromatic heterocycles. The molecule has 0 bridgehead atoms. The Morgan fingerprint density at radius 1 is 1.24 bits per heavy atom. The summed E-state index contributed by atoms with van der Waals surface area (Å²) >= 11 is 0. The number of pyridine rings is 1. The minimum Gasteiger partial charge on any atom is -0.494 e. The van der Waals surface area contributed by atoms with E-state index in [4.69, 9.17) is 4.74 Å². The first-order valence-corrected chi connectivity index (χ1v) is 6.97. The Bertz CT molecular complexity index is 614. The van der Waals surface area contributed by atoms with Gasteiger partial charge in [-0.15, -0.1) is 0 Å². The second kappa shape index (κ2) is 7.28. The molecule has 0 fully saturated rings. The number of carbonyl (C=O) groups is 1. The number of benzene rings is 1. The highest BCUT2D eigenvalue weighted by atomic mass is 16.5. The van der Waals surface area contributed by atoms with Gasteiger partial charge in [-0.05, 0) is 38.1 Å². The van der Waals surface area contributed by atoms with Crippen molar-refractivity contribution in [2.75, 3.05) is 23.8 Å². The molecule has 0 saturated heterocycles. The highest BCUT2D eigenvalue weighted by Gasteiger charge is 2.07. The summed E-state index contributed by atoms with van der Waals surface area (Å²) in [5, 5.41) is 5.93. The lowest BCUT2D eigenvalue weighted by Gasteiger charge is -2.09. The molecule has 1 heterocycles. The number of carbonyl (C=O) groups excluding carboxylic acids is 1. The molecule has 2 rings (SSSR count). The minimum absolute atomic E-state index is 0.176. The molecule has 2 aromatic rings. The van der Waals surface area contributed by atoms with Crippen LogP contribution in [0.1, 0.15) is 24.2 Å². The van der Waals surface area contributed by atoms with Crippen molar-refractivity contribution < 1.29 is 9.53 Å². The number of ether oxygens (including phenoxy) is 1. The summed E-state index contributed by atoms with van der Waals surface area (Å²) < 4.78 is 5.41. The molecule has 110 valence electrons. The van der Waals surface area contributed by atoms with E-state index in [1.807, 2.05) is 32.0 Å². The number of nitrogens with zero attached hydrogens (tertiary/aromatic N) is 1. The van der Waals surface area contributed by atoms with Crippen LogP contribution in [0.3, 0.4) is 0 Å². The largest absolute Gasteiger partial charge is 0.494 e. The monoisotopic (exact) mass is 285 g/mol. The molecule has 0 aliphatic heterocycles. The van der Waals surface area contributed by atoms with Crippen LogP contribution in [0.4, 0.5) is 11.5 Å². The minimum atomic E-state index is -0.176. The lowest BCUT2D eigenvalue weighted by atomic mass is 10.2. The third-order valence-electron chi connectivity index (χ3n) is 2.78. The maximum atomic E-state index is 12.2. The van der Waals surface area contributed by atoms with Gasteiger partial charge >= 0.3 is 0 Å². The fraction of sp³-hybridized carbons (Fsp3) is 0.250. The Balaban J connectivity index is 2.10. The fourth-order valence-electron chi connectivity index (χ4n) is 1.88. The maximum Gasteiger partial charge on any atom is 0.255 e. The first kappa shape index (κ1) is 14.8. The third-order valence-corrected chi connectivity index (χ3v) is 2.78. The van der Waals surface area contributed by atoms with Gasteiger partial charge in [-0.2, -0.15) is 0 Å². The molecule has 0 unspecified atom stereocenters. The summed E-state index contributed by atoms with van der Waals surface area (Å²) in [7, 11) is 0. The third kappa shape index (κ3) is 4.21. The summed E-state index contributed by atoms with van der Waals surface area (Å²) in [6.07, 6.45) is 1.61. The lowest BCUT2D eigenvalue weighted by Crippen LogP contribution is -2.12. The van der Waals surface area contributed by atoms with Crippen molar-refractivity contribution in [3.8, 4) is 5.75 Å². The average molecular weight is 285 g/mol. The van der Waals surface area contributed by atoms with Gasteiger partial charge in [0, 0.05) is 30.1 Å². The van der Waals surface area contributed by atoms with Crippen molar-refractivity contribution in [2.24, 2.45) is 0 Å². The molecule has 0 aliphatic rings. The van der Waals surface area contributed by atoms with Crippen LogP contribution in [-0.4, -0.2) is 24.0 Å². The van der Waals surface area contributed by atoms with E-state index in [-0.39, 0.29) is 5.91 Å². The molecule has 1 amide bonds. The van der Waals surface area contributed by atoms with E-state index in [1.54, 1.807) is 24.4 Å². The predicted molar refractivity (Wildman–Crippen MR) is 84.0 cm³/mol. The lowest BCUT2D eigenvalue weighted by molar-refractivity contribution is 0.102. The van der Waals surface area contributed by atoms with Crippen LogP contribution < -0.4 is 15.4 Å². The van der Waals surface area contributed by atoms with Gasteiger partial charge in [0.2, 0.25) is 0 Å². The zero-order valence-corrected chi connectivity index (χ0v) is 12.2. The Kier molecular flexibility index (Phi) is 5.15. The average Bonchev–Trinajstić information content (AvgIpc) is 2.48. The summed E-state index contributed by atoms with van der Waals surface area (Å²) in [6.45, 7) is 5.25. The maximum absolute atomic E-state index is 12.2. The molecule has 0 spiro atoms. The van der Waals surface area contributed by atoms with Crippen LogP contribution in [0, 0.1) is 0 Å². The number of amides is 1. The zero-order chi connectivity index (χ0) is 15.1. The standard InChI is InChI=1S/C16H19N3O2/c1-3-17-15-10-12(8-9-18-15)16(20)19-13-6-5-7-14(11-13)21-4-2/h5-11H,3-4H2,1-2H3,(H,17,18)(H,19,20). The molecular formula is C16H19N3O2. The van der Waals surface area contributed by atoms with E-state index < -0.39 is 0 Å². The van der Waals surface area contributed by atoms with E-state index in [1.165, 1.54) is 0 Å². The van der Waals surface area contributed by atoms with Crippen molar-refractivity contribution in [1.29, 1.82) is 0 Å². The number of aromatic nitrogens is 1. The predicted octanol–water partition coefficient (Wildman–Crippen LogP) is 3.16. The van der Waals surface area contributed by atoms with E-state index in [2.05, 4.69) is 15.6 Å². The molecule has 0 aliphatic carbocycles. The van der Waals surface area contributed by atoms with Gasteiger partial charge in [0.15, 0.2) is 0 Å². The highest BCUT2D eigenvalue weighted by molar-refractivity contribution is 6.04.